The average Bonchev–Trinajstić information content (AvgIpc) is 2.50. The molecule has 1 aromatic heterocycles. The number of anilines is 1. The van der Waals surface area contributed by atoms with Crippen molar-refractivity contribution in [3.05, 3.63) is 0 Å². The number of nitrogen functional groups attached to an aromatic ring is 1. The van der Waals surface area contributed by atoms with Crippen molar-refractivity contribution in [2.45, 2.75) is 43.0 Å². The number of nitrogens with zero attached hydrogens (tertiary/aromatic N) is 3. The average molecular weight is 226 g/mol. The third-order valence-electron chi connectivity index (χ3n) is 3.03. The monoisotopic (exact) mass is 226 g/mol. The molecule has 1 aliphatic carbocycles. The molecule has 2 rings (SSSR count). The Labute approximate surface area is 94.6 Å². The Morgan fingerprint density at radius 2 is 2.20 bits per heavy atom. The fourth-order valence-corrected chi connectivity index (χ4v) is 3.41. The van der Waals surface area contributed by atoms with E-state index in [0.717, 1.165) is 11.1 Å². The van der Waals surface area contributed by atoms with Crippen molar-refractivity contribution in [3.63, 3.8) is 0 Å². The van der Waals surface area contributed by atoms with Crippen molar-refractivity contribution in [1.29, 1.82) is 0 Å². The van der Waals surface area contributed by atoms with Crippen LogP contribution in [0.1, 0.15) is 32.6 Å². The summed E-state index contributed by atoms with van der Waals surface area (Å²) < 4.78 is 1.87. The van der Waals surface area contributed by atoms with E-state index < -0.39 is 0 Å². The zero-order valence-electron chi connectivity index (χ0n) is 9.31. The quantitative estimate of drug-likeness (QED) is 0.838. The first-order valence-electron chi connectivity index (χ1n) is 5.48. The number of rotatable bonds is 2. The van der Waals surface area contributed by atoms with Gasteiger partial charge in [-0.15, -0.1) is 10.2 Å². The van der Waals surface area contributed by atoms with Gasteiger partial charge in [-0.3, -0.25) is 4.57 Å². The lowest BCUT2D eigenvalue weighted by Crippen LogP contribution is -2.15. The summed E-state index contributed by atoms with van der Waals surface area (Å²) in [4.78, 5) is 0. The van der Waals surface area contributed by atoms with Crippen molar-refractivity contribution in [3.8, 4) is 0 Å². The molecule has 1 saturated carbocycles. The highest BCUT2D eigenvalue weighted by atomic mass is 32.2. The topological polar surface area (TPSA) is 56.7 Å². The van der Waals surface area contributed by atoms with Gasteiger partial charge in [-0.25, -0.2) is 0 Å². The van der Waals surface area contributed by atoms with Gasteiger partial charge in [0.05, 0.1) is 0 Å². The van der Waals surface area contributed by atoms with Gasteiger partial charge in [0.25, 0.3) is 0 Å². The maximum Gasteiger partial charge on any atom is 0.222 e. The molecule has 0 radical (unpaired) electrons. The van der Waals surface area contributed by atoms with Crippen LogP contribution >= 0.6 is 11.8 Å². The summed E-state index contributed by atoms with van der Waals surface area (Å²) in [5.74, 6) is 1.35. The summed E-state index contributed by atoms with van der Waals surface area (Å²) in [6, 6.07) is 0. The van der Waals surface area contributed by atoms with Crippen LogP contribution in [0.25, 0.3) is 0 Å². The fraction of sp³-hybridized carbons (Fsp3) is 0.800. The molecule has 0 bridgehead atoms. The Morgan fingerprint density at radius 3 is 2.80 bits per heavy atom. The lowest BCUT2D eigenvalue weighted by Gasteiger charge is -2.25. The van der Waals surface area contributed by atoms with E-state index in [4.69, 9.17) is 5.73 Å². The van der Waals surface area contributed by atoms with Crippen molar-refractivity contribution in [2.75, 3.05) is 5.73 Å². The molecule has 5 heteroatoms. The third-order valence-corrected chi connectivity index (χ3v) is 4.36. The second kappa shape index (κ2) is 4.43. The van der Waals surface area contributed by atoms with Crippen LogP contribution in [0.15, 0.2) is 5.16 Å². The summed E-state index contributed by atoms with van der Waals surface area (Å²) >= 11 is 1.83. The highest BCUT2D eigenvalue weighted by molar-refractivity contribution is 7.99. The molecule has 0 saturated heterocycles. The summed E-state index contributed by atoms with van der Waals surface area (Å²) in [6.07, 6.45) is 5.30. The van der Waals surface area contributed by atoms with Gasteiger partial charge >= 0.3 is 0 Å². The molecule has 1 aromatic rings. The predicted octanol–water partition coefficient (Wildman–Crippen LogP) is 2.07. The van der Waals surface area contributed by atoms with Crippen LogP contribution < -0.4 is 5.73 Å². The largest absolute Gasteiger partial charge is 0.368 e. The Hall–Kier alpha value is -0.710. The van der Waals surface area contributed by atoms with Gasteiger partial charge in [0.1, 0.15) is 0 Å². The lowest BCUT2D eigenvalue weighted by molar-refractivity contribution is 0.393. The molecule has 0 amide bonds. The Morgan fingerprint density at radius 1 is 1.40 bits per heavy atom. The normalized spacial score (nSPS) is 26.8. The maximum absolute atomic E-state index is 5.65. The first-order valence-corrected chi connectivity index (χ1v) is 6.36. The zero-order chi connectivity index (χ0) is 10.8. The summed E-state index contributed by atoms with van der Waals surface area (Å²) in [5.41, 5.74) is 5.65. The van der Waals surface area contributed by atoms with Crippen molar-refractivity contribution >= 4 is 17.7 Å². The summed E-state index contributed by atoms with van der Waals surface area (Å²) in [6.45, 7) is 2.33. The van der Waals surface area contributed by atoms with Crippen molar-refractivity contribution in [1.82, 2.24) is 14.8 Å². The van der Waals surface area contributed by atoms with Crippen LogP contribution in [0.4, 0.5) is 5.95 Å². The maximum atomic E-state index is 5.65. The van der Waals surface area contributed by atoms with E-state index in [1.54, 1.807) is 0 Å². The first kappa shape index (κ1) is 10.8. The molecule has 15 heavy (non-hydrogen) atoms. The first-order chi connectivity index (χ1) is 7.16. The fourth-order valence-electron chi connectivity index (χ4n) is 2.06. The van der Waals surface area contributed by atoms with Gasteiger partial charge in [0.15, 0.2) is 5.16 Å². The standard InChI is InChI=1S/C10H18N4S/c1-7-4-3-5-8(6-7)15-10-13-12-9(11)14(10)2/h7-8H,3-6H2,1-2H3,(H2,11,12). The molecule has 0 aromatic carbocycles. The third kappa shape index (κ3) is 2.45. The van der Waals surface area contributed by atoms with Crippen LogP contribution in [0.3, 0.4) is 0 Å². The lowest BCUT2D eigenvalue weighted by atomic mass is 9.91. The summed E-state index contributed by atoms with van der Waals surface area (Å²) in [5, 5.41) is 9.60. The molecule has 84 valence electrons. The van der Waals surface area contributed by atoms with Gasteiger partial charge in [0.2, 0.25) is 5.95 Å². The Kier molecular flexibility index (Phi) is 3.19. The number of hydrogen-bond acceptors (Lipinski definition) is 4. The van der Waals surface area contributed by atoms with Crippen LogP contribution in [0.2, 0.25) is 0 Å². The van der Waals surface area contributed by atoms with Crippen LogP contribution in [0, 0.1) is 5.92 Å². The number of hydrogen-bond donors (Lipinski definition) is 1. The molecule has 2 unspecified atom stereocenters. The minimum absolute atomic E-state index is 0.501. The molecule has 1 aliphatic rings. The molecule has 4 nitrogen and oxygen atoms in total. The van der Waals surface area contributed by atoms with E-state index in [0.29, 0.717) is 11.2 Å². The Balaban J connectivity index is 1.99. The Bertz CT molecular complexity index is 336. The molecule has 0 aliphatic heterocycles. The number of thioether (sulfide) groups is 1. The van der Waals surface area contributed by atoms with E-state index in [1.165, 1.54) is 25.7 Å². The van der Waals surface area contributed by atoms with Gasteiger partial charge in [0, 0.05) is 12.3 Å². The smallest absolute Gasteiger partial charge is 0.222 e. The highest BCUT2D eigenvalue weighted by Gasteiger charge is 2.21. The van der Waals surface area contributed by atoms with Crippen LogP contribution in [-0.4, -0.2) is 20.0 Å². The molecule has 2 N–H and O–H groups in total. The SMILES string of the molecule is CC1CCCC(Sc2nnc(N)n2C)C1. The second-order valence-electron chi connectivity index (χ2n) is 4.41. The molecule has 1 fully saturated rings. The minimum Gasteiger partial charge on any atom is -0.368 e. The van der Waals surface area contributed by atoms with Gasteiger partial charge in [-0.1, -0.05) is 31.5 Å². The number of nitrogens with two attached hydrogens (primary N) is 1. The van der Waals surface area contributed by atoms with Gasteiger partial charge in [-0.05, 0) is 18.8 Å². The molecule has 2 atom stereocenters. The van der Waals surface area contributed by atoms with E-state index in [9.17, 15) is 0 Å². The second-order valence-corrected chi connectivity index (χ2v) is 5.68. The zero-order valence-corrected chi connectivity index (χ0v) is 10.1. The van der Waals surface area contributed by atoms with E-state index in [-0.39, 0.29) is 0 Å². The van der Waals surface area contributed by atoms with E-state index in [1.807, 2.05) is 23.4 Å². The highest BCUT2D eigenvalue weighted by Crippen LogP contribution is 2.35. The van der Waals surface area contributed by atoms with Gasteiger partial charge < -0.3 is 5.73 Å². The van der Waals surface area contributed by atoms with Gasteiger partial charge in [-0.2, -0.15) is 0 Å². The van der Waals surface area contributed by atoms with Crippen molar-refractivity contribution in [2.24, 2.45) is 13.0 Å². The molecule has 0 spiro atoms. The predicted molar refractivity (Wildman–Crippen MR) is 62.7 cm³/mol. The summed E-state index contributed by atoms with van der Waals surface area (Å²) in [7, 11) is 1.92. The van der Waals surface area contributed by atoms with E-state index >= 15 is 0 Å². The number of aromatic nitrogens is 3. The van der Waals surface area contributed by atoms with Crippen LogP contribution in [0.5, 0.6) is 0 Å². The molecular formula is C10H18N4S. The molecule has 1 heterocycles. The minimum atomic E-state index is 0.501. The van der Waals surface area contributed by atoms with Crippen molar-refractivity contribution < 1.29 is 0 Å². The van der Waals surface area contributed by atoms with Crippen LogP contribution in [-0.2, 0) is 7.05 Å². The molecular weight excluding hydrogens is 208 g/mol. The van der Waals surface area contributed by atoms with E-state index in [2.05, 4.69) is 17.1 Å².